The molecule has 1 aromatic rings. The highest BCUT2D eigenvalue weighted by Gasteiger charge is 2.28. The molecule has 0 amide bonds. The van der Waals surface area contributed by atoms with Crippen molar-refractivity contribution in [1.29, 1.82) is 0 Å². The smallest absolute Gasteiger partial charge is 0.335 e. The minimum absolute atomic E-state index is 0.111. The highest BCUT2D eigenvalue weighted by molar-refractivity contribution is 5.88. The van der Waals surface area contributed by atoms with Crippen molar-refractivity contribution in [3.63, 3.8) is 0 Å². The van der Waals surface area contributed by atoms with E-state index in [1.54, 1.807) is 0 Å². The van der Waals surface area contributed by atoms with E-state index in [4.69, 9.17) is 5.11 Å². The lowest BCUT2D eigenvalue weighted by Gasteiger charge is -2.36. The lowest BCUT2D eigenvalue weighted by atomic mass is 9.78. The number of nitrogens with one attached hydrogen (secondary N) is 1. The monoisotopic (exact) mass is 265 g/mol. The highest BCUT2D eigenvalue weighted by atomic mass is 19.1. The first kappa shape index (κ1) is 13.8. The Hall–Kier alpha value is -1.58. The summed E-state index contributed by atoms with van der Waals surface area (Å²) in [6, 6.07) is 4.08. The van der Waals surface area contributed by atoms with Gasteiger partial charge in [-0.25, -0.2) is 9.18 Å². The molecule has 2 N–H and O–H groups in total. The lowest BCUT2D eigenvalue weighted by Crippen LogP contribution is -2.37. The van der Waals surface area contributed by atoms with Crippen LogP contribution in [-0.4, -0.2) is 17.1 Å². The molecule has 1 aliphatic rings. The molecule has 1 fully saturated rings. The van der Waals surface area contributed by atoms with Crippen LogP contribution in [0.25, 0.3) is 0 Å². The number of hydrogen-bond donors (Lipinski definition) is 2. The summed E-state index contributed by atoms with van der Waals surface area (Å²) in [4.78, 5) is 10.9. The van der Waals surface area contributed by atoms with Crippen molar-refractivity contribution in [2.24, 2.45) is 11.8 Å². The summed E-state index contributed by atoms with van der Waals surface area (Å²) in [7, 11) is 0. The summed E-state index contributed by atoms with van der Waals surface area (Å²) < 4.78 is 13.8. The fourth-order valence-corrected chi connectivity index (χ4v) is 2.91. The van der Waals surface area contributed by atoms with Gasteiger partial charge in [0, 0.05) is 6.04 Å². The number of anilines is 1. The van der Waals surface area contributed by atoms with Crippen LogP contribution in [0.3, 0.4) is 0 Å². The van der Waals surface area contributed by atoms with Crippen LogP contribution in [0.2, 0.25) is 0 Å². The summed E-state index contributed by atoms with van der Waals surface area (Å²) in [5.41, 5.74) is 0.408. The van der Waals surface area contributed by atoms with Crippen molar-refractivity contribution in [3.05, 3.63) is 29.6 Å². The molecule has 19 heavy (non-hydrogen) atoms. The Morgan fingerprint density at radius 2 is 1.95 bits per heavy atom. The van der Waals surface area contributed by atoms with Crippen LogP contribution in [0.4, 0.5) is 10.1 Å². The van der Waals surface area contributed by atoms with Gasteiger partial charge in [0.1, 0.15) is 5.82 Å². The van der Waals surface area contributed by atoms with Gasteiger partial charge in [-0.15, -0.1) is 0 Å². The molecule has 0 bridgehead atoms. The number of carboxylic acids is 1. The van der Waals surface area contributed by atoms with E-state index in [9.17, 15) is 9.18 Å². The van der Waals surface area contributed by atoms with Crippen LogP contribution < -0.4 is 5.32 Å². The SMILES string of the molecule is CC1CCCC(C)C1Nc1cc(C(=O)O)ccc1F. The Morgan fingerprint density at radius 3 is 2.53 bits per heavy atom. The van der Waals surface area contributed by atoms with Gasteiger partial charge in [0.15, 0.2) is 0 Å². The zero-order valence-electron chi connectivity index (χ0n) is 11.3. The fourth-order valence-electron chi connectivity index (χ4n) is 2.91. The van der Waals surface area contributed by atoms with E-state index in [1.807, 2.05) is 0 Å². The molecule has 0 aromatic heterocycles. The Kier molecular flexibility index (Phi) is 4.08. The quantitative estimate of drug-likeness (QED) is 0.874. The largest absolute Gasteiger partial charge is 0.478 e. The van der Waals surface area contributed by atoms with Gasteiger partial charge in [-0.3, -0.25) is 0 Å². The first-order valence-corrected chi connectivity index (χ1v) is 6.78. The maximum Gasteiger partial charge on any atom is 0.335 e. The van der Waals surface area contributed by atoms with Gasteiger partial charge in [0.05, 0.1) is 11.3 Å². The van der Waals surface area contributed by atoms with Crippen LogP contribution in [0.1, 0.15) is 43.5 Å². The van der Waals surface area contributed by atoms with Crippen molar-refractivity contribution in [2.75, 3.05) is 5.32 Å². The molecule has 0 saturated heterocycles. The molecule has 1 saturated carbocycles. The molecule has 2 rings (SSSR count). The van der Waals surface area contributed by atoms with Crippen LogP contribution in [0.15, 0.2) is 18.2 Å². The summed E-state index contributed by atoms with van der Waals surface area (Å²) >= 11 is 0. The number of benzene rings is 1. The fraction of sp³-hybridized carbons (Fsp3) is 0.533. The van der Waals surface area contributed by atoms with Crippen molar-refractivity contribution >= 4 is 11.7 Å². The first-order chi connectivity index (χ1) is 8.99. The van der Waals surface area contributed by atoms with Gasteiger partial charge < -0.3 is 10.4 Å². The van der Waals surface area contributed by atoms with Crippen LogP contribution >= 0.6 is 0 Å². The predicted octanol–water partition coefficient (Wildman–Crippen LogP) is 3.76. The molecule has 2 atom stereocenters. The van der Waals surface area contributed by atoms with Crippen molar-refractivity contribution in [2.45, 2.75) is 39.2 Å². The predicted molar refractivity (Wildman–Crippen MR) is 72.9 cm³/mol. The van der Waals surface area contributed by atoms with Gasteiger partial charge in [-0.2, -0.15) is 0 Å². The third-order valence-electron chi connectivity index (χ3n) is 4.08. The van der Waals surface area contributed by atoms with Crippen LogP contribution in [-0.2, 0) is 0 Å². The van der Waals surface area contributed by atoms with E-state index in [-0.39, 0.29) is 11.6 Å². The van der Waals surface area contributed by atoms with Gasteiger partial charge in [-0.1, -0.05) is 20.3 Å². The Balaban J connectivity index is 2.21. The maximum absolute atomic E-state index is 13.8. The Bertz CT molecular complexity index is 465. The summed E-state index contributed by atoms with van der Waals surface area (Å²) in [6.07, 6.45) is 3.46. The van der Waals surface area contributed by atoms with E-state index in [1.165, 1.54) is 24.6 Å². The van der Waals surface area contributed by atoms with Crippen molar-refractivity contribution in [1.82, 2.24) is 0 Å². The number of aromatic carboxylic acids is 1. The molecule has 0 spiro atoms. The number of rotatable bonds is 3. The standard InChI is InChI=1S/C15H20FNO2/c1-9-4-3-5-10(2)14(9)17-13-8-11(15(18)19)6-7-12(13)16/h6-10,14,17H,3-5H2,1-2H3,(H,18,19). The zero-order chi connectivity index (χ0) is 14.0. The topological polar surface area (TPSA) is 49.3 Å². The van der Waals surface area contributed by atoms with E-state index in [0.717, 1.165) is 12.8 Å². The average molecular weight is 265 g/mol. The minimum atomic E-state index is -1.03. The molecule has 3 nitrogen and oxygen atoms in total. The molecular formula is C15H20FNO2. The van der Waals surface area contributed by atoms with E-state index in [2.05, 4.69) is 19.2 Å². The molecule has 0 radical (unpaired) electrons. The van der Waals surface area contributed by atoms with Crippen molar-refractivity contribution in [3.8, 4) is 0 Å². The second-order valence-electron chi connectivity index (χ2n) is 5.56. The Morgan fingerprint density at radius 1 is 1.32 bits per heavy atom. The molecule has 0 aliphatic heterocycles. The van der Waals surface area contributed by atoms with E-state index in [0.29, 0.717) is 17.5 Å². The number of halogens is 1. The molecular weight excluding hydrogens is 245 g/mol. The first-order valence-electron chi connectivity index (χ1n) is 6.78. The average Bonchev–Trinajstić information content (AvgIpc) is 2.35. The molecule has 1 aliphatic carbocycles. The number of carbonyl (C=O) groups is 1. The third kappa shape index (κ3) is 3.06. The van der Waals surface area contributed by atoms with Gasteiger partial charge in [0.25, 0.3) is 0 Å². The van der Waals surface area contributed by atoms with E-state index >= 15 is 0 Å². The molecule has 4 heteroatoms. The van der Waals surface area contributed by atoms with Gasteiger partial charge in [-0.05, 0) is 42.9 Å². The number of hydrogen-bond acceptors (Lipinski definition) is 2. The molecule has 104 valence electrons. The molecule has 1 aromatic carbocycles. The van der Waals surface area contributed by atoms with Gasteiger partial charge >= 0.3 is 5.97 Å². The number of carboxylic acid groups (broad SMARTS) is 1. The van der Waals surface area contributed by atoms with E-state index < -0.39 is 11.8 Å². The highest BCUT2D eigenvalue weighted by Crippen LogP contribution is 2.32. The summed E-state index contributed by atoms with van der Waals surface area (Å²) in [6.45, 7) is 4.32. The van der Waals surface area contributed by atoms with Gasteiger partial charge in [0.2, 0.25) is 0 Å². The second-order valence-corrected chi connectivity index (χ2v) is 5.56. The molecule has 0 heterocycles. The maximum atomic E-state index is 13.8. The summed E-state index contributed by atoms with van der Waals surface area (Å²) in [5, 5.41) is 12.2. The van der Waals surface area contributed by atoms with Crippen molar-refractivity contribution < 1.29 is 14.3 Å². The lowest BCUT2D eigenvalue weighted by molar-refractivity contribution is 0.0697. The third-order valence-corrected chi connectivity index (χ3v) is 4.08. The van der Waals surface area contributed by atoms with Crippen LogP contribution in [0, 0.1) is 17.7 Å². The second kappa shape index (κ2) is 5.59. The minimum Gasteiger partial charge on any atom is -0.478 e. The normalized spacial score (nSPS) is 27.0. The zero-order valence-corrected chi connectivity index (χ0v) is 11.3. The summed E-state index contributed by atoms with van der Waals surface area (Å²) in [5.74, 6) is -0.490. The van der Waals surface area contributed by atoms with Crippen LogP contribution in [0.5, 0.6) is 0 Å². The Labute approximate surface area is 112 Å². The molecule has 2 unspecified atom stereocenters.